The van der Waals surface area contributed by atoms with Gasteiger partial charge in [0, 0.05) is 22.3 Å². The summed E-state index contributed by atoms with van der Waals surface area (Å²) in [7, 11) is 0. The lowest BCUT2D eigenvalue weighted by Crippen LogP contribution is -2.29. The number of hydrogen-bond donors (Lipinski definition) is 1. The molecule has 7 nitrogen and oxygen atoms in total. The summed E-state index contributed by atoms with van der Waals surface area (Å²) >= 11 is 6.24. The first kappa shape index (κ1) is 21.5. The Morgan fingerprint density at radius 1 is 1.16 bits per heavy atom. The number of carbonyl (C=O) groups is 1. The number of halogens is 1. The van der Waals surface area contributed by atoms with Gasteiger partial charge in [-0.05, 0) is 42.8 Å². The maximum atomic E-state index is 11.8. The maximum Gasteiger partial charge on any atom is 0.413 e. The number of anilines is 1. The predicted molar refractivity (Wildman–Crippen MR) is 121 cm³/mol. The molecule has 4 rings (SSSR count). The van der Waals surface area contributed by atoms with Crippen molar-refractivity contribution in [1.82, 2.24) is 9.78 Å². The third kappa shape index (κ3) is 5.12. The molecule has 32 heavy (non-hydrogen) atoms. The minimum Gasteiger partial charge on any atom is -0.489 e. The summed E-state index contributed by atoms with van der Waals surface area (Å²) in [6.45, 7) is 2.75. The summed E-state index contributed by atoms with van der Waals surface area (Å²) in [6, 6.07) is 20.5. The van der Waals surface area contributed by atoms with Crippen molar-refractivity contribution in [2.24, 2.45) is 0 Å². The molecule has 8 heteroatoms. The second kappa shape index (κ2) is 9.62. The van der Waals surface area contributed by atoms with Crippen LogP contribution in [-0.2, 0) is 19.7 Å². The molecule has 0 saturated heterocycles. The van der Waals surface area contributed by atoms with Gasteiger partial charge in [-0.15, -0.1) is 0 Å². The highest BCUT2D eigenvalue weighted by Crippen LogP contribution is 2.26. The van der Waals surface area contributed by atoms with Crippen molar-refractivity contribution in [3.63, 3.8) is 0 Å². The van der Waals surface area contributed by atoms with Crippen molar-refractivity contribution in [2.75, 3.05) is 4.90 Å². The molecule has 0 unspecified atom stereocenters. The Morgan fingerprint density at radius 3 is 2.69 bits per heavy atom. The van der Waals surface area contributed by atoms with Gasteiger partial charge in [-0.1, -0.05) is 41.9 Å². The van der Waals surface area contributed by atoms with Gasteiger partial charge in [0.05, 0.1) is 19.4 Å². The zero-order valence-corrected chi connectivity index (χ0v) is 18.2. The number of furan rings is 1. The van der Waals surface area contributed by atoms with Crippen LogP contribution in [0.2, 0.25) is 5.02 Å². The third-order valence-corrected chi connectivity index (χ3v) is 5.18. The van der Waals surface area contributed by atoms with Crippen LogP contribution in [0.5, 0.6) is 5.75 Å². The Bertz CT molecular complexity index is 1190. The fraction of sp³-hybridized carbons (Fsp3) is 0.167. The fourth-order valence-electron chi connectivity index (χ4n) is 3.30. The summed E-state index contributed by atoms with van der Waals surface area (Å²) in [5.74, 6) is 1.55. The van der Waals surface area contributed by atoms with E-state index in [4.69, 9.17) is 20.8 Å². The average Bonchev–Trinajstić information content (AvgIpc) is 3.42. The highest BCUT2D eigenvalue weighted by molar-refractivity contribution is 6.30. The molecule has 0 aliphatic heterocycles. The van der Waals surface area contributed by atoms with Crippen LogP contribution in [0.3, 0.4) is 0 Å². The highest BCUT2D eigenvalue weighted by Gasteiger charge is 2.21. The van der Waals surface area contributed by atoms with Crippen LogP contribution in [0.1, 0.15) is 22.6 Å². The van der Waals surface area contributed by atoms with Gasteiger partial charge in [0.2, 0.25) is 0 Å². The van der Waals surface area contributed by atoms with Crippen LogP contribution < -0.4 is 9.64 Å². The number of benzene rings is 2. The highest BCUT2D eigenvalue weighted by atomic mass is 35.5. The van der Waals surface area contributed by atoms with Crippen LogP contribution >= 0.6 is 11.6 Å². The monoisotopic (exact) mass is 451 g/mol. The van der Waals surface area contributed by atoms with Crippen molar-refractivity contribution in [3.8, 4) is 5.75 Å². The molecule has 2 aromatic heterocycles. The second-order valence-corrected chi connectivity index (χ2v) is 7.71. The summed E-state index contributed by atoms with van der Waals surface area (Å²) < 4.78 is 13.1. The number of hydrogen-bond acceptors (Lipinski definition) is 4. The van der Waals surface area contributed by atoms with Gasteiger partial charge in [-0.25, -0.2) is 4.79 Å². The molecule has 2 heterocycles. The van der Waals surface area contributed by atoms with E-state index in [1.165, 1.54) is 6.26 Å². The normalized spacial score (nSPS) is 10.8. The molecule has 0 aliphatic rings. The first-order chi connectivity index (χ1) is 15.5. The SMILES string of the molecule is Cc1cc(N(Cc2ccco2)C(=O)O)nn1Cc1cc(Cl)ccc1OCc1ccccc1. The fourth-order valence-corrected chi connectivity index (χ4v) is 3.49. The second-order valence-electron chi connectivity index (χ2n) is 7.28. The van der Waals surface area contributed by atoms with E-state index in [0.29, 0.717) is 35.5 Å². The summed E-state index contributed by atoms with van der Waals surface area (Å²) in [4.78, 5) is 13.0. The lowest BCUT2D eigenvalue weighted by atomic mass is 10.2. The molecule has 0 aliphatic carbocycles. The molecule has 164 valence electrons. The van der Waals surface area contributed by atoms with E-state index in [1.807, 2.05) is 49.4 Å². The third-order valence-electron chi connectivity index (χ3n) is 4.95. The Labute approximate surface area is 190 Å². The van der Waals surface area contributed by atoms with Crippen molar-refractivity contribution >= 4 is 23.5 Å². The maximum absolute atomic E-state index is 11.8. The molecule has 0 bridgehead atoms. The molecule has 1 N–H and O–H groups in total. The van der Waals surface area contributed by atoms with Crippen LogP contribution in [0.15, 0.2) is 77.4 Å². The molecule has 2 aromatic carbocycles. The number of carboxylic acid groups (broad SMARTS) is 1. The van der Waals surface area contributed by atoms with Crippen molar-refractivity contribution in [3.05, 3.63) is 101 Å². The lowest BCUT2D eigenvalue weighted by Gasteiger charge is -2.15. The number of nitrogens with zero attached hydrogens (tertiary/aromatic N) is 3. The van der Waals surface area contributed by atoms with Crippen molar-refractivity contribution < 1.29 is 19.1 Å². The Morgan fingerprint density at radius 2 is 1.97 bits per heavy atom. The van der Waals surface area contributed by atoms with E-state index in [-0.39, 0.29) is 6.54 Å². The van der Waals surface area contributed by atoms with Gasteiger partial charge in [-0.2, -0.15) is 5.10 Å². The summed E-state index contributed by atoms with van der Waals surface area (Å²) in [5, 5.41) is 14.8. The van der Waals surface area contributed by atoms with Crippen LogP contribution in [-0.4, -0.2) is 21.0 Å². The smallest absolute Gasteiger partial charge is 0.413 e. The van der Waals surface area contributed by atoms with Gasteiger partial charge < -0.3 is 14.3 Å². The number of aryl methyl sites for hydroxylation is 1. The largest absolute Gasteiger partial charge is 0.489 e. The quantitative estimate of drug-likeness (QED) is 0.369. The Balaban J connectivity index is 1.55. The predicted octanol–water partition coefficient (Wildman–Crippen LogP) is 5.75. The Hall–Kier alpha value is -3.71. The zero-order chi connectivity index (χ0) is 22.5. The first-order valence-electron chi connectivity index (χ1n) is 10.0. The molecule has 0 atom stereocenters. The lowest BCUT2D eigenvalue weighted by molar-refractivity contribution is 0.200. The van der Waals surface area contributed by atoms with Crippen LogP contribution in [0, 0.1) is 6.92 Å². The van der Waals surface area contributed by atoms with Crippen molar-refractivity contribution in [1.29, 1.82) is 0 Å². The minimum atomic E-state index is -1.11. The van der Waals surface area contributed by atoms with Gasteiger partial charge in [-0.3, -0.25) is 9.58 Å². The summed E-state index contributed by atoms with van der Waals surface area (Å²) in [6.07, 6.45) is 0.399. The molecule has 0 fully saturated rings. The molecule has 4 aromatic rings. The standard InChI is InChI=1S/C24H22ClN3O4/c1-17-12-23(27(24(29)30)15-21-8-5-11-31-21)26-28(17)14-19-13-20(25)9-10-22(19)32-16-18-6-3-2-4-7-18/h2-13H,14-16H2,1H3,(H,29,30). The van der Waals surface area contributed by atoms with Crippen LogP contribution in [0.25, 0.3) is 0 Å². The first-order valence-corrected chi connectivity index (χ1v) is 10.4. The van der Waals surface area contributed by atoms with E-state index in [0.717, 1.165) is 21.7 Å². The van der Waals surface area contributed by atoms with Gasteiger partial charge >= 0.3 is 6.09 Å². The minimum absolute atomic E-state index is 0.0708. The van der Waals surface area contributed by atoms with Gasteiger partial charge in [0.25, 0.3) is 0 Å². The molecule has 0 radical (unpaired) electrons. The van der Waals surface area contributed by atoms with E-state index in [2.05, 4.69) is 5.10 Å². The number of ether oxygens (including phenoxy) is 1. The molecule has 0 spiro atoms. The van der Waals surface area contributed by atoms with E-state index >= 15 is 0 Å². The topological polar surface area (TPSA) is 80.7 Å². The van der Waals surface area contributed by atoms with E-state index < -0.39 is 6.09 Å². The number of rotatable bonds is 8. The van der Waals surface area contributed by atoms with Gasteiger partial charge in [0.1, 0.15) is 18.1 Å². The molecular formula is C24H22ClN3O4. The average molecular weight is 452 g/mol. The molecular weight excluding hydrogens is 430 g/mol. The summed E-state index contributed by atoms with van der Waals surface area (Å²) in [5.41, 5.74) is 2.71. The number of aromatic nitrogens is 2. The molecule has 1 amide bonds. The zero-order valence-electron chi connectivity index (χ0n) is 17.4. The van der Waals surface area contributed by atoms with Crippen LogP contribution in [0.4, 0.5) is 10.6 Å². The Kier molecular flexibility index (Phi) is 6.47. The van der Waals surface area contributed by atoms with E-state index in [1.54, 1.807) is 28.9 Å². The number of amides is 1. The molecule has 0 saturated carbocycles. The van der Waals surface area contributed by atoms with Crippen molar-refractivity contribution in [2.45, 2.75) is 26.6 Å². The van der Waals surface area contributed by atoms with E-state index in [9.17, 15) is 9.90 Å². The van der Waals surface area contributed by atoms with Gasteiger partial charge in [0.15, 0.2) is 5.82 Å².